The molecule has 1 heterocycles. The molecule has 0 spiro atoms. The zero-order chi connectivity index (χ0) is 12.0. The van der Waals surface area contributed by atoms with Gasteiger partial charge in [0.05, 0.1) is 25.3 Å². The first-order chi connectivity index (χ1) is 7.74. The minimum Gasteiger partial charge on any atom is -0.394 e. The predicted octanol–water partition coefficient (Wildman–Crippen LogP) is 0.343. The van der Waals surface area contributed by atoms with Gasteiger partial charge < -0.3 is 20.1 Å². The molecule has 0 aliphatic heterocycles. The van der Waals surface area contributed by atoms with Crippen LogP contribution in [0.1, 0.15) is 25.2 Å². The number of ether oxygens (including phenoxy) is 1. The van der Waals surface area contributed by atoms with E-state index in [1.54, 1.807) is 13.3 Å². The highest BCUT2D eigenvalue weighted by atomic mass is 16.5. The Labute approximate surface area is 96.2 Å². The number of hydrogen-bond acceptors (Lipinski definition) is 4. The highest BCUT2D eigenvalue weighted by molar-refractivity contribution is 4.97. The minimum absolute atomic E-state index is 0.00238. The summed E-state index contributed by atoms with van der Waals surface area (Å²) in [5.41, 5.74) is 5.96. The van der Waals surface area contributed by atoms with E-state index in [2.05, 4.69) is 11.9 Å². The monoisotopic (exact) mass is 227 g/mol. The fraction of sp³-hybridized carbons (Fsp3) is 0.727. The van der Waals surface area contributed by atoms with Crippen LogP contribution in [0.2, 0.25) is 0 Å². The smallest absolute Gasteiger partial charge is 0.109 e. The average molecular weight is 227 g/mol. The van der Waals surface area contributed by atoms with Gasteiger partial charge in [-0.15, -0.1) is 0 Å². The molecule has 1 aromatic heterocycles. The quantitative estimate of drug-likeness (QED) is 0.704. The standard InChI is InChI=1S/C11H21N3O2/c1-3-4-11-13-5-6-14(11)10(7-15)9(12)8-16-2/h5-6,9-10,15H,3-4,7-8,12H2,1-2H3. The second-order valence-corrected chi connectivity index (χ2v) is 3.87. The van der Waals surface area contributed by atoms with Crippen molar-refractivity contribution in [3.63, 3.8) is 0 Å². The molecule has 1 rings (SSSR count). The molecule has 3 N–H and O–H groups in total. The third kappa shape index (κ3) is 3.04. The van der Waals surface area contributed by atoms with Crippen molar-refractivity contribution in [3.05, 3.63) is 18.2 Å². The summed E-state index contributed by atoms with van der Waals surface area (Å²) in [7, 11) is 1.61. The molecular weight excluding hydrogens is 206 g/mol. The van der Waals surface area contributed by atoms with Crippen LogP contribution in [0.4, 0.5) is 0 Å². The summed E-state index contributed by atoms with van der Waals surface area (Å²) in [6, 6.07) is -0.385. The highest BCUT2D eigenvalue weighted by Crippen LogP contribution is 2.14. The maximum absolute atomic E-state index is 9.40. The summed E-state index contributed by atoms with van der Waals surface area (Å²) in [4.78, 5) is 4.27. The van der Waals surface area contributed by atoms with Crippen LogP contribution in [0.5, 0.6) is 0 Å². The number of aromatic nitrogens is 2. The van der Waals surface area contributed by atoms with E-state index in [-0.39, 0.29) is 18.7 Å². The van der Waals surface area contributed by atoms with Crippen molar-refractivity contribution in [2.75, 3.05) is 20.3 Å². The second-order valence-electron chi connectivity index (χ2n) is 3.87. The molecular formula is C11H21N3O2. The molecule has 0 aliphatic carbocycles. The molecule has 2 atom stereocenters. The molecule has 16 heavy (non-hydrogen) atoms. The molecule has 5 nitrogen and oxygen atoms in total. The topological polar surface area (TPSA) is 73.3 Å². The number of nitrogens with zero attached hydrogens (tertiary/aromatic N) is 2. The molecule has 0 aliphatic rings. The summed E-state index contributed by atoms with van der Waals surface area (Å²) >= 11 is 0. The van der Waals surface area contributed by atoms with Crippen molar-refractivity contribution in [1.82, 2.24) is 9.55 Å². The van der Waals surface area contributed by atoms with Crippen LogP contribution in [0, 0.1) is 0 Å². The van der Waals surface area contributed by atoms with Gasteiger partial charge in [-0.25, -0.2) is 4.98 Å². The van der Waals surface area contributed by atoms with Crippen LogP contribution < -0.4 is 5.73 Å². The Morgan fingerprint density at radius 2 is 2.38 bits per heavy atom. The summed E-state index contributed by atoms with van der Waals surface area (Å²) in [6.07, 6.45) is 5.52. The van der Waals surface area contributed by atoms with E-state index in [0.717, 1.165) is 18.7 Å². The highest BCUT2D eigenvalue weighted by Gasteiger charge is 2.20. The van der Waals surface area contributed by atoms with Crippen molar-refractivity contribution in [2.45, 2.75) is 31.8 Å². The Morgan fingerprint density at radius 1 is 1.62 bits per heavy atom. The van der Waals surface area contributed by atoms with Crippen molar-refractivity contribution in [1.29, 1.82) is 0 Å². The Balaban J connectivity index is 2.81. The van der Waals surface area contributed by atoms with E-state index in [9.17, 15) is 5.11 Å². The van der Waals surface area contributed by atoms with E-state index in [4.69, 9.17) is 10.5 Å². The van der Waals surface area contributed by atoms with Crippen molar-refractivity contribution < 1.29 is 9.84 Å². The average Bonchev–Trinajstić information content (AvgIpc) is 2.69. The Morgan fingerprint density at radius 3 is 2.94 bits per heavy atom. The molecule has 0 bridgehead atoms. The SMILES string of the molecule is CCCc1nccn1C(CO)C(N)COC. The fourth-order valence-corrected chi connectivity index (χ4v) is 1.80. The molecule has 2 unspecified atom stereocenters. The Hall–Kier alpha value is -0.910. The van der Waals surface area contributed by atoms with Gasteiger partial charge in [0.1, 0.15) is 5.82 Å². The third-order valence-electron chi connectivity index (χ3n) is 2.62. The van der Waals surface area contributed by atoms with Crippen LogP contribution in [0.15, 0.2) is 12.4 Å². The first-order valence-corrected chi connectivity index (χ1v) is 5.61. The number of rotatable bonds is 7. The molecule has 0 amide bonds. The maximum Gasteiger partial charge on any atom is 0.109 e. The van der Waals surface area contributed by atoms with Crippen molar-refractivity contribution in [3.8, 4) is 0 Å². The number of imidazole rings is 1. The fourth-order valence-electron chi connectivity index (χ4n) is 1.80. The summed E-state index contributed by atoms with van der Waals surface area (Å²) < 4.78 is 6.97. The summed E-state index contributed by atoms with van der Waals surface area (Å²) in [5, 5.41) is 9.40. The Bertz CT molecular complexity index is 301. The van der Waals surface area contributed by atoms with E-state index in [1.165, 1.54) is 0 Å². The first kappa shape index (κ1) is 13.2. The minimum atomic E-state index is -0.222. The van der Waals surface area contributed by atoms with Crippen molar-refractivity contribution >= 4 is 0 Å². The number of nitrogens with two attached hydrogens (primary N) is 1. The molecule has 92 valence electrons. The number of aliphatic hydroxyl groups excluding tert-OH is 1. The van der Waals surface area contributed by atoms with Crippen LogP contribution >= 0.6 is 0 Å². The predicted molar refractivity (Wildman–Crippen MR) is 62.2 cm³/mol. The molecule has 0 fully saturated rings. The molecule has 5 heteroatoms. The van der Waals surface area contributed by atoms with Crippen LogP contribution in [-0.2, 0) is 11.2 Å². The summed E-state index contributed by atoms with van der Waals surface area (Å²) in [5.74, 6) is 0.966. The van der Waals surface area contributed by atoms with Gasteiger partial charge in [0.15, 0.2) is 0 Å². The third-order valence-corrected chi connectivity index (χ3v) is 2.62. The van der Waals surface area contributed by atoms with Crippen LogP contribution in [0.25, 0.3) is 0 Å². The van der Waals surface area contributed by atoms with Gasteiger partial charge in [0.2, 0.25) is 0 Å². The van der Waals surface area contributed by atoms with E-state index in [0.29, 0.717) is 6.61 Å². The van der Waals surface area contributed by atoms with Gasteiger partial charge in [-0.2, -0.15) is 0 Å². The van der Waals surface area contributed by atoms with Gasteiger partial charge in [0.25, 0.3) is 0 Å². The summed E-state index contributed by atoms with van der Waals surface area (Å²) in [6.45, 7) is 2.52. The van der Waals surface area contributed by atoms with E-state index in [1.807, 2.05) is 10.8 Å². The number of methoxy groups -OCH3 is 1. The number of hydrogen-bond donors (Lipinski definition) is 2. The van der Waals surface area contributed by atoms with Crippen molar-refractivity contribution in [2.24, 2.45) is 5.73 Å². The second kappa shape index (κ2) is 6.62. The molecule has 0 radical (unpaired) electrons. The first-order valence-electron chi connectivity index (χ1n) is 5.61. The van der Waals surface area contributed by atoms with Gasteiger partial charge in [-0.1, -0.05) is 6.92 Å². The number of aliphatic hydroxyl groups is 1. The maximum atomic E-state index is 9.40. The van der Waals surface area contributed by atoms with Gasteiger partial charge >= 0.3 is 0 Å². The van der Waals surface area contributed by atoms with Gasteiger partial charge in [-0.05, 0) is 6.42 Å². The lowest BCUT2D eigenvalue weighted by Crippen LogP contribution is -2.38. The van der Waals surface area contributed by atoms with Crippen LogP contribution in [0.3, 0.4) is 0 Å². The van der Waals surface area contributed by atoms with E-state index >= 15 is 0 Å². The lowest BCUT2D eigenvalue weighted by atomic mass is 10.1. The zero-order valence-corrected chi connectivity index (χ0v) is 9.97. The normalized spacial score (nSPS) is 15.0. The van der Waals surface area contributed by atoms with Gasteiger partial charge in [0, 0.05) is 25.9 Å². The lowest BCUT2D eigenvalue weighted by Gasteiger charge is -2.24. The Kier molecular flexibility index (Phi) is 5.45. The van der Waals surface area contributed by atoms with Gasteiger partial charge in [-0.3, -0.25) is 0 Å². The molecule has 1 aromatic rings. The lowest BCUT2D eigenvalue weighted by molar-refractivity contribution is 0.128. The van der Waals surface area contributed by atoms with Crippen LogP contribution in [-0.4, -0.2) is 41.0 Å². The largest absolute Gasteiger partial charge is 0.394 e. The zero-order valence-electron chi connectivity index (χ0n) is 9.97. The van der Waals surface area contributed by atoms with E-state index < -0.39 is 0 Å². The molecule has 0 aromatic carbocycles. The molecule has 0 saturated carbocycles. The molecule has 0 saturated heterocycles. The number of aryl methyl sites for hydroxylation is 1.